The molecule has 0 aliphatic rings. The predicted molar refractivity (Wildman–Crippen MR) is 92.3 cm³/mol. The molecule has 3 nitrogen and oxygen atoms in total. The van der Waals surface area contributed by atoms with E-state index in [1.54, 1.807) is 61.7 Å². The number of hydrogen-bond donors (Lipinski definition) is 0. The standard InChI is InChI=1S/C21H13NO2/c1-24-20-14-12-19(13-15-20)21(23)7-5-3-2-4-6-17-8-10-18(16-22)11-9-17/h2-3,8-15H,1H3/b3-2-. The summed E-state index contributed by atoms with van der Waals surface area (Å²) >= 11 is 0. The number of benzene rings is 2. The molecule has 0 aromatic heterocycles. The van der Waals surface area contributed by atoms with Crippen LogP contribution in [0.1, 0.15) is 21.5 Å². The summed E-state index contributed by atoms with van der Waals surface area (Å²) in [6, 6.07) is 15.8. The first kappa shape index (κ1) is 16.6. The van der Waals surface area contributed by atoms with Crippen molar-refractivity contribution in [1.82, 2.24) is 0 Å². The van der Waals surface area contributed by atoms with Crippen LogP contribution in [0.25, 0.3) is 0 Å². The molecule has 0 fully saturated rings. The summed E-state index contributed by atoms with van der Waals surface area (Å²) in [7, 11) is 1.57. The van der Waals surface area contributed by atoms with Gasteiger partial charge >= 0.3 is 0 Å². The van der Waals surface area contributed by atoms with Crippen molar-refractivity contribution < 1.29 is 9.53 Å². The highest BCUT2D eigenvalue weighted by Gasteiger charge is 2.01. The molecule has 3 heteroatoms. The van der Waals surface area contributed by atoms with Crippen molar-refractivity contribution in [2.45, 2.75) is 0 Å². The lowest BCUT2D eigenvalue weighted by molar-refractivity contribution is 0.105. The molecule has 0 saturated carbocycles. The third-order valence-corrected chi connectivity index (χ3v) is 3.02. The Kier molecular flexibility index (Phi) is 5.99. The number of Topliss-reactive ketones (excluding diaryl/α,β-unsaturated/α-hetero) is 1. The second-order valence-electron chi connectivity index (χ2n) is 4.62. The molecule has 114 valence electrons. The van der Waals surface area contributed by atoms with Crippen LogP contribution < -0.4 is 4.74 Å². The molecular weight excluding hydrogens is 298 g/mol. The van der Waals surface area contributed by atoms with E-state index in [0.29, 0.717) is 16.9 Å². The molecule has 0 saturated heterocycles. The van der Waals surface area contributed by atoms with Crippen LogP contribution in [0.3, 0.4) is 0 Å². The molecule has 0 aliphatic heterocycles. The molecule has 2 rings (SSSR count). The van der Waals surface area contributed by atoms with Gasteiger partial charge in [0.25, 0.3) is 0 Å². The molecule has 0 heterocycles. The van der Waals surface area contributed by atoms with E-state index >= 15 is 0 Å². The maximum absolute atomic E-state index is 11.8. The Balaban J connectivity index is 1.94. The van der Waals surface area contributed by atoms with E-state index in [-0.39, 0.29) is 5.78 Å². The van der Waals surface area contributed by atoms with E-state index in [9.17, 15) is 4.79 Å². The van der Waals surface area contributed by atoms with E-state index in [1.807, 2.05) is 6.07 Å². The first-order valence-corrected chi connectivity index (χ1v) is 7.09. The number of methoxy groups -OCH3 is 1. The van der Waals surface area contributed by atoms with E-state index in [1.165, 1.54) is 6.08 Å². The fourth-order valence-electron chi connectivity index (χ4n) is 1.76. The first-order chi connectivity index (χ1) is 11.7. The molecule has 0 N–H and O–H groups in total. The fourth-order valence-corrected chi connectivity index (χ4v) is 1.76. The lowest BCUT2D eigenvalue weighted by atomic mass is 10.1. The minimum atomic E-state index is -0.262. The summed E-state index contributed by atoms with van der Waals surface area (Å²) in [5.74, 6) is 11.4. The number of nitriles is 1. The largest absolute Gasteiger partial charge is 0.497 e. The molecular formula is C21H13NO2. The quantitative estimate of drug-likeness (QED) is 0.485. The molecule has 0 atom stereocenters. The third-order valence-electron chi connectivity index (χ3n) is 3.02. The molecule has 0 aliphatic carbocycles. The van der Waals surface area contributed by atoms with Gasteiger partial charge in [-0.25, -0.2) is 0 Å². The van der Waals surface area contributed by atoms with E-state index in [0.717, 1.165) is 5.56 Å². The van der Waals surface area contributed by atoms with Crippen molar-refractivity contribution in [3.05, 3.63) is 77.4 Å². The normalized spacial score (nSPS) is 9.17. The smallest absolute Gasteiger partial charge is 0.236 e. The highest BCUT2D eigenvalue weighted by Crippen LogP contribution is 2.11. The fraction of sp³-hybridized carbons (Fsp3) is 0.0476. The van der Waals surface area contributed by atoms with Crippen LogP contribution in [-0.2, 0) is 0 Å². The van der Waals surface area contributed by atoms with Gasteiger partial charge in [-0.1, -0.05) is 17.8 Å². The van der Waals surface area contributed by atoms with Crippen LogP contribution in [0.15, 0.2) is 60.7 Å². The Labute approximate surface area is 141 Å². The van der Waals surface area contributed by atoms with Crippen LogP contribution in [0.2, 0.25) is 0 Å². The summed E-state index contributed by atoms with van der Waals surface area (Å²) in [4.78, 5) is 11.8. The highest BCUT2D eigenvalue weighted by atomic mass is 16.5. The zero-order valence-corrected chi connectivity index (χ0v) is 13.0. The highest BCUT2D eigenvalue weighted by molar-refractivity contribution is 6.09. The maximum Gasteiger partial charge on any atom is 0.236 e. The number of carbonyl (C=O) groups excluding carboxylic acids is 1. The minimum absolute atomic E-state index is 0.262. The van der Waals surface area contributed by atoms with Crippen molar-refractivity contribution >= 4 is 5.78 Å². The Morgan fingerprint density at radius 2 is 1.58 bits per heavy atom. The molecule has 0 unspecified atom stereocenters. The van der Waals surface area contributed by atoms with E-state index in [4.69, 9.17) is 10.00 Å². The monoisotopic (exact) mass is 311 g/mol. The topological polar surface area (TPSA) is 50.1 Å². The minimum Gasteiger partial charge on any atom is -0.497 e. The van der Waals surface area contributed by atoms with Crippen molar-refractivity contribution in [2.75, 3.05) is 7.11 Å². The summed E-state index contributed by atoms with van der Waals surface area (Å²) in [6.07, 6.45) is 3.10. The van der Waals surface area contributed by atoms with Gasteiger partial charge in [0.05, 0.1) is 18.7 Å². The third kappa shape index (κ3) is 4.92. The molecule has 2 aromatic carbocycles. The van der Waals surface area contributed by atoms with Gasteiger partial charge < -0.3 is 4.74 Å². The summed E-state index contributed by atoms with van der Waals surface area (Å²) < 4.78 is 5.03. The Bertz CT molecular complexity index is 907. The van der Waals surface area contributed by atoms with Gasteiger partial charge in [-0.15, -0.1) is 0 Å². The van der Waals surface area contributed by atoms with Crippen LogP contribution in [0.5, 0.6) is 5.75 Å². The predicted octanol–water partition coefficient (Wildman–Crippen LogP) is 3.36. The Hall–Kier alpha value is -3.74. The number of rotatable bonds is 2. The summed E-state index contributed by atoms with van der Waals surface area (Å²) in [5.41, 5.74) is 1.92. The van der Waals surface area contributed by atoms with Crippen LogP contribution >= 0.6 is 0 Å². The second kappa shape index (κ2) is 8.64. The maximum atomic E-state index is 11.8. The number of hydrogen-bond acceptors (Lipinski definition) is 3. The summed E-state index contributed by atoms with van der Waals surface area (Å²) in [6.45, 7) is 0. The summed E-state index contributed by atoms with van der Waals surface area (Å²) in [5, 5.41) is 8.71. The average Bonchev–Trinajstić information content (AvgIpc) is 2.65. The molecule has 0 amide bonds. The van der Waals surface area contributed by atoms with Crippen molar-refractivity contribution in [2.24, 2.45) is 0 Å². The average molecular weight is 311 g/mol. The van der Waals surface area contributed by atoms with Gasteiger partial charge in [-0.3, -0.25) is 4.79 Å². The van der Waals surface area contributed by atoms with E-state index in [2.05, 4.69) is 23.7 Å². The zero-order chi connectivity index (χ0) is 17.2. The number of nitrogens with zero attached hydrogens (tertiary/aromatic N) is 1. The Morgan fingerprint density at radius 1 is 0.958 bits per heavy atom. The second-order valence-corrected chi connectivity index (χ2v) is 4.62. The lowest BCUT2D eigenvalue weighted by Gasteiger charge is -1.98. The van der Waals surface area contributed by atoms with Gasteiger partial charge in [0.2, 0.25) is 5.78 Å². The zero-order valence-electron chi connectivity index (χ0n) is 13.0. The first-order valence-electron chi connectivity index (χ1n) is 7.09. The Morgan fingerprint density at radius 3 is 2.21 bits per heavy atom. The number of carbonyl (C=O) groups is 1. The van der Waals surface area contributed by atoms with Crippen LogP contribution in [-0.4, -0.2) is 12.9 Å². The van der Waals surface area contributed by atoms with E-state index < -0.39 is 0 Å². The number of ketones is 1. The van der Waals surface area contributed by atoms with Crippen molar-refractivity contribution in [3.8, 4) is 35.5 Å². The molecule has 2 aromatic rings. The number of allylic oxidation sites excluding steroid dienone is 2. The van der Waals surface area contributed by atoms with Gasteiger partial charge in [0.15, 0.2) is 0 Å². The van der Waals surface area contributed by atoms with Crippen molar-refractivity contribution in [3.63, 3.8) is 0 Å². The number of ether oxygens (including phenoxy) is 1. The lowest BCUT2D eigenvalue weighted by Crippen LogP contribution is -1.94. The van der Waals surface area contributed by atoms with Crippen LogP contribution in [0.4, 0.5) is 0 Å². The molecule has 0 radical (unpaired) electrons. The van der Waals surface area contributed by atoms with Crippen LogP contribution in [0, 0.1) is 35.0 Å². The van der Waals surface area contributed by atoms with Gasteiger partial charge in [0.1, 0.15) is 5.75 Å². The molecule has 0 bridgehead atoms. The van der Waals surface area contributed by atoms with Crippen molar-refractivity contribution in [1.29, 1.82) is 5.26 Å². The van der Waals surface area contributed by atoms with Gasteiger partial charge in [0, 0.05) is 11.1 Å². The SMILES string of the molecule is COc1ccc(C(=O)C#C/C=C\C#Cc2ccc(C#N)cc2)cc1. The van der Waals surface area contributed by atoms with Gasteiger partial charge in [-0.05, 0) is 66.6 Å². The molecule has 0 spiro atoms. The van der Waals surface area contributed by atoms with Gasteiger partial charge in [-0.2, -0.15) is 5.26 Å². The molecule has 24 heavy (non-hydrogen) atoms.